The molecule has 0 fully saturated rings. The van der Waals surface area contributed by atoms with Crippen LogP contribution >= 0.6 is 31.9 Å². The minimum Gasteiger partial charge on any atom is -0.457 e. The molecule has 0 aliphatic rings. The molecule has 0 aromatic heterocycles. The Bertz CT molecular complexity index is 664. The van der Waals surface area contributed by atoms with Crippen molar-refractivity contribution in [1.29, 1.82) is 0 Å². The van der Waals surface area contributed by atoms with E-state index >= 15 is 0 Å². The van der Waals surface area contributed by atoms with Crippen LogP contribution in [0, 0.1) is 15.9 Å². The van der Waals surface area contributed by atoms with E-state index in [1.54, 1.807) is 12.1 Å². The highest BCUT2D eigenvalue weighted by atomic mass is 79.9. The van der Waals surface area contributed by atoms with Crippen molar-refractivity contribution in [1.82, 2.24) is 0 Å². The first-order valence-corrected chi connectivity index (χ1v) is 7.39. The van der Waals surface area contributed by atoms with E-state index in [0.29, 0.717) is 11.1 Å². The number of nitro groups is 1. The van der Waals surface area contributed by atoms with Crippen molar-refractivity contribution < 1.29 is 14.1 Å². The number of halogens is 3. The van der Waals surface area contributed by atoms with Crippen LogP contribution in [0.25, 0.3) is 0 Å². The van der Waals surface area contributed by atoms with Crippen molar-refractivity contribution in [2.24, 2.45) is 0 Å². The zero-order chi connectivity index (χ0) is 14.7. The largest absolute Gasteiger partial charge is 0.457 e. The van der Waals surface area contributed by atoms with Crippen LogP contribution in [0.5, 0.6) is 11.5 Å². The lowest BCUT2D eigenvalue weighted by atomic mass is 10.2. The Morgan fingerprint density at radius 2 is 2.00 bits per heavy atom. The minimum absolute atomic E-state index is 0.206. The second-order valence-electron chi connectivity index (χ2n) is 3.86. The van der Waals surface area contributed by atoms with E-state index in [2.05, 4.69) is 31.9 Å². The van der Waals surface area contributed by atoms with E-state index in [0.717, 1.165) is 22.2 Å². The molecular weight excluding hydrogens is 397 g/mol. The van der Waals surface area contributed by atoms with E-state index < -0.39 is 16.4 Å². The molecular formula is C13H8Br2FNO3. The van der Waals surface area contributed by atoms with Crippen molar-refractivity contribution in [2.75, 3.05) is 0 Å². The molecule has 0 radical (unpaired) electrons. The number of nitrogens with zero attached hydrogens (tertiary/aromatic N) is 1. The Morgan fingerprint density at radius 1 is 1.25 bits per heavy atom. The summed E-state index contributed by atoms with van der Waals surface area (Å²) in [7, 11) is 0. The predicted octanol–water partition coefficient (Wildman–Crippen LogP) is 5.18. The van der Waals surface area contributed by atoms with Gasteiger partial charge in [-0.15, -0.1) is 0 Å². The summed E-state index contributed by atoms with van der Waals surface area (Å²) in [6.07, 6.45) is 0. The molecule has 0 spiro atoms. The molecule has 0 bridgehead atoms. The van der Waals surface area contributed by atoms with Crippen molar-refractivity contribution in [3.05, 3.63) is 62.4 Å². The standard InChI is InChI=1S/C13H8Br2FNO3/c14-7-8-5-9(15)1-4-13(8)20-10-2-3-12(17(18)19)11(16)6-10/h1-6H,7H2. The summed E-state index contributed by atoms with van der Waals surface area (Å²) < 4.78 is 20.0. The molecule has 2 rings (SSSR count). The SMILES string of the molecule is O=[N+]([O-])c1ccc(Oc2ccc(Br)cc2CBr)cc1F. The van der Waals surface area contributed by atoms with Gasteiger partial charge in [-0.05, 0) is 24.3 Å². The lowest BCUT2D eigenvalue weighted by Crippen LogP contribution is -1.94. The Hall–Kier alpha value is -1.47. The number of alkyl halides is 1. The third-order valence-corrected chi connectivity index (χ3v) is 3.61. The highest BCUT2D eigenvalue weighted by Crippen LogP contribution is 2.31. The van der Waals surface area contributed by atoms with Gasteiger partial charge in [0.15, 0.2) is 0 Å². The van der Waals surface area contributed by atoms with Gasteiger partial charge in [-0.25, -0.2) is 0 Å². The fourth-order valence-corrected chi connectivity index (χ4v) is 2.42. The maximum atomic E-state index is 13.5. The van der Waals surface area contributed by atoms with E-state index in [-0.39, 0.29) is 5.75 Å². The van der Waals surface area contributed by atoms with Crippen LogP contribution in [0.2, 0.25) is 0 Å². The molecule has 0 aliphatic heterocycles. The topological polar surface area (TPSA) is 52.4 Å². The molecule has 20 heavy (non-hydrogen) atoms. The van der Waals surface area contributed by atoms with E-state index in [4.69, 9.17) is 4.74 Å². The van der Waals surface area contributed by atoms with Gasteiger partial charge in [-0.2, -0.15) is 4.39 Å². The van der Waals surface area contributed by atoms with Crippen molar-refractivity contribution >= 4 is 37.5 Å². The Balaban J connectivity index is 2.31. The van der Waals surface area contributed by atoms with Gasteiger partial charge in [0.25, 0.3) is 0 Å². The second-order valence-corrected chi connectivity index (χ2v) is 5.33. The third-order valence-electron chi connectivity index (χ3n) is 2.51. The maximum absolute atomic E-state index is 13.5. The molecule has 104 valence electrons. The van der Waals surface area contributed by atoms with Crippen LogP contribution in [0.3, 0.4) is 0 Å². The summed E-state index contributed by atoms with van der Waals surface area (Å²) in [5.41, 5.74) is 0.298. The monoisotopic (exact) mass is 403 g/mol. The molecule has 4 nitrogen and oxygen atoms in total. The normalized spacial score (nSPS) is 10.3. The van der Waals surface area contributed by atoms with Crippen LogP contribution in [0.1, 0.15) is 5.56 Å². The lowest BCUT2D eigenvalue weighted by Gasteiger charge is -2.10. The average Bonchev–Trinajstić information content (AvgIpc) is 2.40. The molecule has 0 heterocycles. The van der Waals surface area contributed by atoms with Gasteiger partial charge in [0, 0.05) is 27.5 Å². The number of rotatable bonds is 4. The summed E-state index contributed by atoms with van der Waals surface area (Å²) in [6.45, 7) is 0. The average molecular weight is 405 g/mol. The summed E-state index contributed by atoms with van der Waals surface area (Å²) in [4.78, 5) is 9.77. The summed E-state index contributed by atoms with van der Waals surface area (Å²) in [5, 5.41) is 11.1. The molecule has 2 aromatic carbocycles. The molecule has 0 saturated heterocycles. The first-order chi connectivity index (χ1) is 9.51. The molecule has 0 N–H and O–H groups in total. The fourth-order valence-electron chi connectivity index (χ4n) is 1.58. The number of nitro benzene ring substituents is 1. The van der Waals surface area contributed by atoms with Gasteiger partial charge in [0.05, 0.1) is 4.92 Å². The van der Waals surface area contributed by atoms with Gasteiger partial charge in [0.1, 0.15) is 11.5 Å². The van der Waals surface area contributed by atoms with Crippen molar-refractivity contribution in [3.8, 4) is 11.5 Å². The number of hydrogen-bond donors (Lipinski definition) is 0. The smallest absolute Gasteiger partial charge is 0.305 e. The van der Waals surface area contributed by atoms with Crippen molar-refractivity contribution in [3.63, 3.8) is 0 Å². The Labute approximate surface area is 131 Å². The summed E-state index contributed by atoms with van der Waals surface area (Å²) >= 11 is 6.69. The molecule has 0 amide bonds. The zero-order valence-corrected chi connectivity index (χ0v) is 13.1. The van der Waals surface area contributed by atoms with Gasteiger partial charge < -0.3 is 4.74 Å². The number of ether oxygens (including phenoxy) is 1. The van der Waals surface area contributed by atoms with Gasteiger partial charge >= 0.3 is 5.69 Å². The van der Waals surface area contributed by atoms with E-state index in [1.807, 2.05) is 6.07 Å². The summed E-state index contributed by atoms with van der Waals surface area (Å²) in [6, 6.07) is 8.84. The van der Waals surface area contributed by atoms with Crippen LogP contribution in [-0.2, 0) is 5.33 Å². The van der Waals surface area contributed by atoms with Crippen molar-refractivity contribution in [2.45, 2.75) is 5.33 Å². The first-order valence-electron chi connectivity index (χ1n) is 5.47. The van der Waals surface area contributed by atoms with Crippen LogP contribution in [0.4, 0.5) is 10.1 Å². The zero-order valence-electron chi connectivity index (χ0n) is 9.98. The highest BCUT2D eigenvalue weighted by Gasteiger charge is 2.15. The molecule has 0 saturated carbocycles. The second kappa shape index (κ2) is 6.32. The molecule has 0 aliphatic carbocycles. The third kappa shape index (κ3) is 3.34. The predicted molar refractivity (Wildman–Crippen MR) is 79.9 cm³/mol. The Kier molecular flexibility index (Phi) is 4.72. The van der Waals surface area contributed by atoms with Gasteiger partial charge in [-0.1, -0.05) is 31.9 Å². The van der Waals surface area contributed by atoms with Gasteiger partial charge in [0.2, 0.25) is 5.82 Å². The van der Waals surface area contributed by atoms with Crippen LogP contribution < -0.4 is 4.74 Å². The molecule has 7 heteroatoms. The molecule has 2 aromatic rings. The molecule has 0 atom stereocenters. The van der Waals surface area contributed by atoms with Gasteiger partial charge in [-0.3, -0.25) is 10.1 Å². The highest BCUT2D eigenvalue weighted by molar-refractivity contribution is 9.10. The number of benzene rings is 2. The minimum atomic E-state index is -0.926. The van der Waals surface area contributed by atoms with Crippen LogP contribution in [-0.4, -0.2) is 4.92 Å². The fraction of sp³-hybridized carbons (Fsp3) is 0.0769. The first kappa shape index (κ1) is 14.9. The lowest BCUT2D eigenvalue weighted by molar-refractivity contribution is -0.387. The molecule has 0 unspecified atom stereocenters. The quantitative estimate of drug-likeness (QED) is 0.400. The van der Waals surface area contributed by atoms with E-state index in [1.165, 1.54) is 6.07 Å². The Morgan fingerprint density at radius 3 is 2.60 bits per heavy atom. The maximum Gasteiger partial charge on any atom is 0.305 e. The summed E-state index contributed by atoms with van der Waals surface area (Å²) in [5.74, 6) is -0.166. The number of hydrogen-bond acceptors (Lipinski definition) is 3. The van der Waals surface area contributed by atoms with Crippen LogP contribution in [0.15, 0.2) is 40.9 Å². The van der Waals surface area contributed by atoms with E-state index in [9.17, 15) is 14.5 Å².